The number of hydrogen-bond acceptors (Lipinski definition) is 5. The molecular formula is C11H8N3OSY-. The van der Waals surface area contributed by atoms with Crippen molar-refractivity contribution in [3.8, 4) is 0 Å². The number of nitrogens with zero attached hydrogens (tertiary/aromatic N) is 2. The van der Waals surface area contributed by atoms with Crippen molar-refractivity contribution < 1.29 is 37.1 Å². The van der Waals surface area contributed by atoms with Crippen LogP contribution in [0.15, 0.2) is 34.3 Å². The number of nitrogens with one attached hydrogen (secondary N) is 1. The molecule has 0 unspecified atom stereocenters. The largest absolute Gasteiger partial charge is 0.468 e. The van der Waals surface area contributed by atoms with Crippen molar-refractivity contribution in [3.63, 3.8) is 0 Å². The van der Waals surface area contributed by atoms with Gasteiger partial charge in [0.1, 0.15) is 5.76 Å². The molecule has 0 bridgehead atoms. The standard InChI is InChI=1S/C11H8N3OS.Y/c1-2-8(15-4-1)6-12-10-9-3-5-16-11(9)14-7-13-10;/h1-5H,6H2,(H,12,13,14);/q-1;. The van der Waals surface area contributed by atoms with Crippen LogP contribution >= 0.6 is 11.3 Å². The predicted molar refractivity (Wildman–Crippen MR) is 62.3 cm³/mol. The molecule has 0 saturated heterocycles. The van der Waals surface area contributed by atoms with Crippen LogP contribution in [0.2, 0.25) is 0 Å². The van der Waals surface area contributed by atoms with Crippen LogP contribution in [0.4, 0.5) is 5.82 Å². The van der Waals surface area contributed by atoms with E-state index in [0.717, 1.165) is 21.8 Å². The van der Waals surface area contributed by atoms with Crippen LogP contribution in [0, 0.1) is 6.33 Å². The third-order valence-corrected chi connectivity index (χ3v) is 3.03. The molecule has 4 nitrogen and oxygen atoms in total. The van der Waals surface area contributed by atoms with Crippen LogP contribution < -0.4 is 5.32 Å². The van der Waals surface area contributed by atoms with E-state index < -0.39 is 0 Å². The summed E-state index contributed by atoms with van der Waals surface area (Å²) in [5, 5.41) is 6.22. The molecule has 83 valence electrons. The quantitative estimate of drug-likeness (QED) is 0.754. The van der Waals surface area contributed by atoms with Gasteiger partial charge < -0.3 is 19.7 Å². The maximum absolute atomic E-state index is 5.24. The summed E-state index contributed by atoms with van der Waals surface area (Å²) in [6, 6.07) is 5.78. The summed E-state index contributed by atoms with van der Waals surface area (Å²) in [4.78, 5) is 9.10. The summed E-state index contributed by atoms with van der Waals surface area (Å²) in [6.45, 7) is 0.614. The van der Waals surface area contributed by atoms with Gasteiger partial charge in [0.2, 0.25) is 0 Å². The SMILES string of the molecule is [Y].[c-]1nc(NCc2ccco2)c2ccsc2n1. The van der Waals surface area contributed by atoms with E-state index in [9.17, 15) is 0 Å². The fourth-order valence-electron chi connectivity index (χ4n) is 1.47. The zero-order valence-corrected chi connectivity index (χ0v) is 12.5. The Morgan fingerprint density at radius 2 is 2.29 bits per heavy atom. The van der Waals surface area contributed by atoms with Gasteiger partial charge >= 0.3 is 0 Å². The monoisotopic (exact) mass is 319 g/mol. The molecule has 1 N–H and O–H groups in total. The van der Waals surface area contributed by atoms with E-state index in [4.69, 9.17) is 4.42 Å². The first-order valence-electron chi connectivity index (χ1n) is 4.81. The van der Waals surface area contributed by atoms with E-state index in [1.54, 1.807) is 17.6 Å². The number of aromatic nitrogens is 2. The fraction of sp³-hybridized carbons (Fsp3) is 0.0909. The second kappa shape index (κ2) is 5.71. The van der Waals surface area contributed by atoms with Crippen LogP contribution in [0.1, 0.15) is 5.76 Å². The molecule has 0 fully saturated rings. The molecule has 1 radical (unpaired) electrons. The van der Waals surface area contributed by atoms with Crippen molar-refractivity contribution in [1.82, 2.24) is 9.97 Å². The average molecular weight is 319 g/mol. The Bertz CT molecular complexity index is 594. The summed E-state index contributed by atoms with van der Waals surface area (Å²) < 4.78 is 5.24. The Morgan fingerprint density at radius 3 is 3.12 bits per heavy atom. The van der Waals surface area contributed by atoms with Crippen molar-refractivity contribution in [2.75, 3.05) is 5.32 Å². The average Bonchev–Trinajstić information content (AvgIpc) is 2.97. The van der Waals surface area contributed by atoms with E-state index >= 15 is 0 Å². The Hall–Kier alpha value is -0.776. The summed E-state index contributed by atoms with van der Waals surface area (Å²) in [6.07, 6.45) is 4.29. The molecule has 0 saturated carbocycles. The smallest absolute Gasteiger partial charge is 0.121 e. The Kier molecular flexibility index (Phi) is 4.26. The third-order valence-electron chi connectivity index (χ3n) is 2.22. The molecule has 3 rings (SSSR count). The number of rotatable bonds is 3. The molecule has 0 aliphatic heterocycles. The molecule has 3 aromatic rings. The first kappa shape index (κ1) is 12.7. The number of fused-ring (bicyclic) bond motifs is 1. The zero-order chi connectivity index (χ0) is 10.8. The van der Waals surface area contributed by atoms with E-state index in [2.05, 4.69) is 21.6 Å². The van der Waals surface area contributed by atoms with E-state index in [0.29, 0.717) is 6.54 Å². The molecule has 3 aromatic heterocycles. The second-order valence-corrected chi connectivity index (χ2v) is 4.14. The minimum absolute atomic E-state index is 0. The van der Waals surface area contributed by atoms with Gasteiger partial charge in [0.15, 0.2) is 0 Å². The summed E-state index contributed by atoms with van der Waals surface area (Å²) >= 11 is 1.58. The Morgan fingerprint density at radius 1 is 1.35 bits per heavy atom. The van der Waals surface area contributed by atoms with Crippen LogP contribution in [-0.4, -0.2) is 9.97 Å². The molecule has 0 atom stereocenters. The van der Waals surface area contributed by atoms with Crippen molar-refractivity contribution >= 4 is 27.4 Å². The van der Waals surface area contributed by atoms with Gasteiger partial charge in [-0.05, 0) is 17.5 Å². The van der Waals surface area contributed by atoms with E-state index in [1.165, 1.54) is 0 Å². The van der Waals surface area contributed by atoms with Crippen molar-refractivity contribution in [1.29, 1.82) is 0 Å². The summed E-state index contributed by atoms with van der Waals surface area (Å²) in [5.41, 5.74) is 0. The predicted octanol–water partition coefficient (Wildman–Crippen LogP) is 2.69. The minimum atomic E-state index is 0. The topological polar surface area (TPSA) is 51.0 Å². The third kappa shape index (κ3) is 2.73. The van der Waals surface area contributed by atoms with Gasteiger partial charge in [0, 0.05) is 49.7 Å². The molecule has 0 aromatic carbocycles. The molecule has 0 aliphatic carbocycles. The van der Waals surface area contributed by atoms with Gasteiger partial charge in [-0.15, -0.1) is 0 Å². The second-order valence-electron chi connectivity index (χ2n) is 3.24. The van der Waals surface area contributed by atoms with Crippen LogP contribution in [0.25, 0.3) is 10.2 Å². The molecule has 0 aliphatic rings. The van der Waals surface area contributed by atoms with Gasteiger partial charge in [-0.2, -0.15) is 11.3 Å². The Labute approximate surface area is 127 Å². The van der Waals surface area contributed by atoms with E-state index in [-0.39, 0.29) is 32.7 Å². The minimum Gasteiger partial charge on any atom is -0.468 e. The van der Waals surface area contributed by atoms with Crippen molar-refractivity contribution in [2.45, 2.75) is 6.54 Å². The zero-order valence-electron chi connectivity index (χ0n) is 8.88. The number of furan rings is 1. The molecular weight excluding hydrogens is 311 g/mol. The number of anilines is 1. The van der Waals surface area contributed by atoms with Gasteiger partial charge in [-0.25, -0.2) is 0 Å². The molecule has 6 heteroatoms. The van der Waals surface area contributed by atoms with Gasteiger partial charge in [-0.1, -0.05) is 11.5 Å². The summed E-state index contributed by atoms with van der Waals surface area (Å²) in [5.74, 6) is 1.67. The summed E-state index contributed by atoms with van der Waals surface area (Å²) in [7, 11) is 0. The van der Waals surface area contributed by atoms with Gasteiger partial charge in [0.25, 0.3) is 0 Å². The van der Waals surface area contributed by atoms with Gasteiger partial charge in [0.05, 0.1) is 12.8 Å². The fourth-order valence-corrected chi connectivity index (χ4v) is 2.19. The Balaban J connectivity index is 0.00000108. The van der Waals surface area contributed by atoms with E-state index in [1.807, 2.05) is 23.6 Å². The van der Waals surface area contributed by atoms with Gasteiger partial charge in [-0.3, -0.25) is 0 Å². The maximum Gasteiger partial charge on any atom is 0.121 e. The maximum atomic E-state index is 5.24. The van der Waals surface area contributed by atoms with Crippen molar-refractivity contribution in [3.05, 3.63) is 41.9 Å². The van der Waals surface area contributed by atoms with Crippen molar-refractivity contribution in [2.24, 2.45) is 0 Å². The molecule has 0 amide bonds. The number of hydrogen-bond donors (Lipinski definition) is 1. The first-order chi connectivity index (χ1) is 7.93. The molecule has 3 heterocycles. The normalized spacial score (nSPS) is 10.1. The van der Waals surface area contributed by atoms with Crippen LogP contribution in [-0.2, 0) is 39.3 Å². The van der Waals surface area contributed by atoms with Crippen LogP contribution in [0.5, 0.6) is 0 Å². The number of thiophene rings is 1. The molecule has 0 spiro atoms. The van der Waals surface area contributed by atoms with Crippen LogP contribution in [0.3, 0.4) is 0 Å². The first-order valence-corrected chi connectivity index (χ1v) is 5.69. The molecule has 17 heavy (non-hydrogen) atoms.